The van der Waals surface area contributed by atoms with Crippen molar-refractivity contribution >= 4 is 45.6 Å². The Morgan fingerprint density at radius 2 is 2.18 bits per heavy atom. The summed E-state index contributed by atoms with van der Waals surface area (Å²) in [6.45, 7) is 0. The van der Waals surface area contributed by atoms with Crippen molar-refractivity contribution in [2.75, 3.05) is 5.32 Å². The molecule has 1 aromatic heterocycles. The number of phenols is 1. The van der Waals surface area contributed by atoms with Crippen LogP contribution >= 0.6 is 34.5 Å². The molecule has 88 valence electrons. The molecule has 0 atom stereocenters. The van der Waals surface area contributed by atoms with Gasteiger partial charge in [-0.1, -0.05) is 34.5 Å². The number of carbonyl (C=O) groups excluding carboxylic acids is 1. The van der Waals surface area contributed by atoms with Gasteiger partial charge in [0.05, 0.1) is 11.8 Å². The summed E-state index contributed by atoms with van der Waals surface area (Å²) in [6, 6.07) is 4.22. The molecule has 0 aliphatic rings. The van der Waals surface area contributed by atoms with Crippen LogP contribution in [0.4, 0.5) is 5.13 Å². The van der Waals surface area contributed by atoms with E-state index in [2.05, 4.69) is 10.3 Å². The van der Waals surface area contributed by atoms with Gasteiger partial charge in [-0.25, -0.2) is 4.98 Å². The predicted molar refractivity (Wildman–Crippen MR) is 68.2 cm³/mol. The van der Waals surface area contributed by atoms with Crippen molar-refractivity contribution in [2.45, 2.75) is 0 Å². The zero-order valence-electron chi connectivity index (χ0n) is 8.28. The van der Waals surface area contributed by atoms with E-state index in [1.54, 1.807) is 0 Å². The maximum Gasteiger partial charge on any atom is 0.261 e. The van der Waals surface area contributed by atoms with Gasteiger partial charge in [-0.05, 0) is 18.2 Å². The van der Waals surface area contributed by atoms with Crippen molar-refractivity contribution < 1.29 is 9.90 Å². The highest BCUT2D eigenvalue weighted by Crippen LogP contribution is 2.25. The molecule has 0 saturated carbocycles. The first-order valence-corrected chi connectivity index (χ1v) is 6.04. The zero-order valence-corrected chi connectivity index (χ0v) is 10.6. The number of halogens is 2. The Morgan fingerprint density at radius 3 is 2.82 bits per heavy atom. The van der Waals surface area contributed by atoms with Gasteiger partial charge in [-0.3, -0.25) is 10.1 Å². The highest BCUT2D eigenvalue weighted by atomic mass is 35.5. The van der Waals surface area contributed by atoms with Crippen LogP contribution in [0, 0.1) is 0 Å². The molecule has 4 nitrogen and oxygen atoms in total. The van der Waals surface area contributed by atoms with E-state index in [9.17, 15) is 9.90 Å². The van der Waals surface area contributed by atoms with Gasteiger partial charge in [0.15, 0.2) is 5.13 Å². The van der Waals surface area contributed by atoms with Gasteiger partial charge < -0.3 is 5.11 Å². The van der Waals surface area contributed by atoms with E-state index in [1.807, 2.05) is 0 Å². The lowest BCUT2D eigenvalue weighted by molar-refractivity contribution is 0.102. The van der Waals surface area contributed by atoms with Gasteiger partial charge in [-0.2, -0.15) is 0 Å². The molecule has 2 aromatic rings. The van der Waals surface area contributed by atoms with E-state index >= 15 is 0 Å². The first kappa shape index (κ1) is 12.2. The van der Waals surface area contributed by atoms with Crippen LogP contribution in [0.15, 0.2) is 24.4 Å². The molecular formula is C10H6Cl2N2O2S. The molecule has 1 heterocycles. The number of nitrogens with one attached hydrogen (secondary N) is 1. The summed E-state index contributed by atoms with van der Waals surface area (Å²) < 4.78 is 0.468. The Morgan fingerprint density at radius 1 is 1.41 bits per heavy atom. The summed E-state index contributed by atoms with van der Waals surface area (Å²) in [5.41, 5.74) is 0.0869. The topological polar surface area (TPSA) is 62.2 Å². The minimum Gasteiger partial charge on any atom is -0.507 e. The number of hydrogen-bond donors (Lipinski definition) is 2. The van der Waals surface area contributed by atoms with Gasteiger partial charge in [0.1, 0.15) is 10.1 Å². The average Bonchev–Trinajstić information content (AvgIpc) is 2.67. The third kappa shape index (κ3) is 2.88. The van der Waals surface area contributed by atoms with Crippen LogP contribution in [-0.4, -0.2) is 16.0 Å². The molecule has 1 amide bonds. The third-order valence-electron chi connectivity index (χ3n) is 1.90. The fourth-order valence-electron chi connectivity index (χ4n) is 1.17. The second kappa shape index (κ2) is 4.91. The minimum absolute atomic E-state index is 0.0869. The molecule has 0 bridgehead atoms. The van der Waals surface area contributed by atoms with E-state index in [1.165, 1.54) is 24.4 Å². The lowest BCUT2D eigenvalue weighted by atomic mass is 10.2. The SMILES string of the molecule is O=C(Nc1ncc(Cl)s1)c1cc(Cl)ccc1O. The molecule has 0 spiro atoms. The summed E-state index contributed by atoms with van der Waals surface area (Å²) in [5, 5.41) is 12.8. The monoisotopic (exact) mass is 288 g/mol. The van der Waals surface area contributed by atoms with Crippen LogP contribution in [0.25, 0.3) is 0 Å². The van der Waals surface area contributed by atoms with E-state index < -0.39 is 5.91 Å². The number of anilines is 1. The number of thiazole rings is 1. The van der Waals surface area contributed by atoms with Crippen LogP contribution in [0.1, 0.15) is 10.4 Å². The quantitative estimate of drug-likeness (QED) is 0.890. The maximum absolute atomic E-state index is 11.8. The molecule has 1 aromatic carbocycles. The molecule has 0 aliphatic heterocycles. The van der Waals surface area contributed by atoms with Gasteiger partial charge >= 0.3 is 0 Å². The highest BCUT2D eigenvalue weighted by molar-refractivity contribution is 7.19. The van der Waals surface area contributed by atoms with Crippen molar-refractivity contribution in [1.29, 1.82) is 0 Å². The molecule has 0 aliphatic carbocycles. The van der Waals surface area contributed by atoms with Crippen LogP contribution < -0.4 is 5.32 Å². The molecule has 0 fully saturated rings. The molecule has 0 unspecified atom stereocenters. The van der Waals surface area contributed by atoms with Gasteiger partial charge in [0.2, 0.25) is 0 Å². The van der Waals surface area contributed by atoms with Crippen LogP contribution in [0.3, 0.4) is 0 Å². The number of rotatable bonds is 2. The molecule has 0 saturated heterocycles. The molecule has 2 N–H and O–H groups in total. The Bertz CT molecular complexity index is 571. The summed E-state index contributed by atoms with van der Waals surface area (Å²) in [7, 11) is 0. The number of amides is 1. The van der Waals surface area contributed by atoms with E-state index in [0.717, 1.165) is 11.3 Å². The number of aromatic hydroxyl groups is 1. The van der Waals surface area contributed by atoms with Gasteiger partial charge in [-0.15, -0.1) is 0 Å². The fourth-order valence-corrected chi connectivity index (χ4v) is 2.15. The van der Waals surface area contributed by atoms with Crippen molar-refractivity contribution in [1.82, 2.24) is 4.98 Å². The first-order valence-electron chi connectivity index (χ1n) is 4.47. The smallest absolute Gasteiger partial charge is 0.261 e. The van der Waals surface area contributed by atoms with Gasteiger partial charge in [0.25, 0.3) is 5.91 Å². The third-order valence-corrected chi connectivity index (χ3v) is 3.17. The van der Waals surface area contributed by atoms with Crippen molar-refractivity contribution in [2.24, 2.45) is 0 Å². The van der Waals surface area contributed by atoms with E-state index in [-0.39, 0.29) is 11.3 Å². The zero-order chi connectivity index (χ0) is 12.4. The normalized spacial score (nSPS) is 10.2. The summed E-state index contributed by atoms with van der Waals surface area (Å²) in [4.78, 5) is 15.7. The Hall–Kier alpha value is -1.30. The number of nitrogens with zero attached hydrogens (tertiary/aromatic N) is 1. The van der Waals surface area contributed by atoms with Crippen molar-refractivity contribution in [3.8, 4) is 5.75 Å². The lowest BCUT2D eigenvalue weighted by Gasteiger charge is -2.04. The fraction of sp³-hybridized carbons (Fsp3) is 0. The standard InChI is InChI=1S/C10H6Cl2N2O2S/c11-5-1-2-7(15)6(3-5)9(16)14-10-13-4-8(12)17-10/h1-4,15H,(H,13,14,16). The molecular weight excluding hydrogens is 283 g/mol. The van der Waals surface area contributed by atoms with Crippen LogP contribution in [0.5, 0.6) is 5.75 Å². The maximum atomic E-state index is 11.8. The summed E-state index contributed by atoms with van der Waals surface area (Å²) in [5.74, 6) is -0.634. The second-order valence-electron chi connectivity index (χ2n) is 3.09. The Balaban J connectivity index is 2.22. The lowest BCUT2D eigenvalue weighted by Crippen LogP contribution is -2.11. The van der Waals surface area contributed by atoms with Crippen LogP contribution in [-0.2, 0) is 0 Å². The number of phenolic OH excluding ortho intramolecular Hbond substituents is 1. The Labute approximate surface area is 111 Å². The summed E-state index contributed by atoms with van der Waals surface area (Å²) >= 11 is 12.6. The van der Waals surface area contributed by atoms with E-state index in [4.69, 9.17) is 23.2 Å². The molecule has 17 heavy (non-hydrogen) atoms. The molecule has 2 rings (SSSR count). The largest absolute Gasteiger partial charge is 0.507 e. The second-order valence-corrected chi connectivity index (χ2v) is 5.18. The first-order chi connectivity index (χ1) is 8.06. The summed E-state index contributed by atoms with van der Waals surface area (Å²) in [6.07, 6.45) is 1.43. The average molecular weight is 289 g/mol. The number of carbonyl (C=O) groups is 1. The van der Waals surface area contributed by atoms with Crippen molar-refractivity contribution in [3.05, 3.63) is 39.3 Å². The van der Waals surface area contributed by atoms with Crippen LogP contribution in [0.2, 0.25) is 9.36 Å². The predicted octanol–water partition coefficient (Wildman–Crippen LogP) is 3.41. The number of benzene rings is 1. The highest BCUT2D eigenvalue weighted by Gasteiger charge is 2.13. The Kier molecular flexibility index (Phi) is 3.51. The van der Waals surface area contributed by atoms with Gasteiger partial charge in [0, 0.05) is 5.02 Å². The number of hydrogen-bond acceptors (Lipinski definition) is 4. The van der Waals surface area contributed by atoms with Crippen molar-refractivity contribution in [3.63, 3.8) is 0 Å². The van der Waals surface area contributed by atoms with E-state index in [0.29, 0.717) is 14.5 Å². The number of aromatic nitrogens is 1. The minimum atomic E-state index is -0.490. The molecule has 0 radical (unpaired) electrons. The molecule has 7 heteroatoms.